The van der Waals surface area contributed by atoms with Gasteiger partial charge in [0.25, 0.3) is 0 Å². The molecule has 0 amide bonds. The molecule has 389 valence electrons. The second-order valence-corrected chi connectivity index (χ2v) is 23.0. The average Bonchev–Trinajstić information content (AvgIpc) is 3.26. The molecule has 0 aromatic rings. The summed E-state index contributed by atoms with van der Waals surface area (Å²) < 4.78 is 31.3. The molecule has 0 spiro atoms. The van der Waals surface area contributed by atoms with Gasteiger partial charge in [-0.3, -0.25) is 0 Å². The number of unbranched alkanes of at least 4 members (excludes halogenated alkanes) is 45. The van der Waals surface area contributed by atoms with Crippen LogP contribution in [0.5, 0.6) is 0 Å². The molecule has 0 saturated carbocycles. The maximum Gasteiger partial charge on any atom is 3.00 e. The van der Waals surface area contributed by atoms with Crippen LogP contribution in [0.2, 0.25) is 0 Å². The predicted molar refractivity (Wildman–Crippen MR) is 280 cm³/mol. The predicted octanol–water partition coefficient (Wildman–Crippen LogP) is 18.2. The van der Waals surface area contributed by atoms with E-state index in [1.165, 1.54) is 270 Å². The van der Waals surface area contributed by atoms with E-state index in [9.17, 15) is 28.4 Å². The third-order valence-electron chi connectivity index (χ3n) is 12.7. The van der Waals surface area contributed by atoms with Crippen LogP contribution in [0.4, 0.5) is 0 Å². The second-order valence-electron chi connectivity index (χ2n) is 19.3. The normalized spacial score (nSPS) is 12.5. The van der Waals surface area contributed by atoms with Gasteiger partial charge in [-0.2, -0.15) is 0 Å². The van der Waals surface area contributed by atoms with E-state index >= 15 is 0 Å². The van der Waals surface area contributed by atoms with Crippen LogP contribution in [0.25, 0.3) is 0 Å². The van der Waals surface area contributed by atoms with Crippen molar-refractivity contribution in [3.63, 3.8) is 0 Å². The van der Waals surface area contributed by atoms with Crippen LogP contribution < -0.4 is 14.7 Å². The summed E-state index contributed by atoms with van der Waals surface area (Å²) in [7, 11) is -7.36. The minimum atomic E-state index is -2.45. The second kappa shape index (κ2) is 68.4. The molecule has 0 aliphatic rings. The fourth-order valence-electron chi connectivity index (χ4n) is 8.45. The van der Waals surface area contributed by atoms with Crippen LogP contribution in [-0.4, -0.2) is 18.5 Å². The summed E-state index contributed by atoms with van der Waals surface area (Å²) in [5.41, 5.74) is 0. The smallest absolute Gasteiger partial charge is 0.802 e. The Morgan fingerprint density at radius 1 is 0.203 bits per heavy atom. The summed E-state index contributed by atoms with van der Waals surface area (Å²) in [5.74, 6) is 0. The monoisotopic (exact) mass is 1010 g/mol. The van der Waals surface area contributed by atoms with Gasteiger partial charge in [0.2, 0.25) is 0 Å². The summed E-state index contributed by atoms with van der Waals surface area (Å²) in [6.45, 7) is 6.82. The fourth-order valence-corrected chi connectivity index (χ4v) is 10.1. The van der Waals surface area contributed by atoms with E-state index in [-0.39, 0.29) is 17.1 Å². The summed E-state index contributed by atoms with van der Waals surface area (Å²) in [6, 6.07) is 0. The van der Waals surface area contributed by atoms with Crippen molar-refractivity contribution < 1.29 is 45.4 Å². The summed E-state index contributed by atoms with van der Waals surface area (Å²) in [4.78, 5) is 31.3. The first-order valence-electron chi connectivity index (χ1n) is 28.4. The Hall–Kier alpha value is 1.09. The van der Waals surface area contributed by atoms with Crippen LogP contribution in [0.3, 0.4) is 0 Å². The van der Waals surface area contributed by atoms with Crippen molar-refractivity contribution in [2.75, 3.05) is 18.5 Å². The molecule has 0 aliphatic carbocycles. The fraction of sp³-hybridized carbons (Fsp3) is 1.00. The van der Waals surface area contributed by atoms with Gasteiger partial charge in [0, 0.05) is 24.1 Å². The standard InChI is InChI=1S/3C18H39O2P.Fe/c3*1-2-3-4-5-6-7-8-9-10-11-12-13-14-15-16-17-18-21(19)20;/h3*21H,2-18H2,1H3,(H,19,20);/q;;;+3/p-3. The molecule has 3 unspecified atom stereocenters. The van der Waals surface area contributed by atoms with Crippen LogP contribution in [-0.2, 0) is 30.8 Å². The van der Waals surface area contributed by atoms with E-state index in [1.807, 2.05) is 0 Å². The molecule has 0 aromatic heterocycles. The molecular formula is C54H114FeO6P3. The molecule has 0 rings (SSSR count). The zero-order valence-electron chi connectivity index (χ0n) is 43.4. The van der Waals surface area contributed by atoms with Gasteiger partial charge >= 0.3 is 17.1 Å². The SMILES string of the molecule is CCCCCCCCCCCCCCCCCC[PH](=O)[O-].CCCCCCCCCCCCCCCCCC[PH](=O)[O-].CCCCCCCCCCCCCCCCCC[PH](=O)[O-].[Fe+3]. The Balaban J connectivity index is -0.000000419. The Morgan fingerprint density at radius 3 is 0.391 bits per heavy atom. The van der Waals surface area contributed by atoms with Gasteiger partial charge in [-0.15, -0.1) is 0 Å². The van der Waals surface area contributed by atoms with Crippen molar-refractivity contribution in [1.29, 1.82) is 0 Å². The van der Waals surface area contributed by atoms with Crippen molar-refractivity contribution >= 4 is 24.1 Å². The zero-order valence-corrected chi connectivity index (χ0v) is 47.5. The topological polar surface area (TPSA) is 120 Å². The molecule has 0 aromatic carbocycles. The molecule has 0 N–H and O–H groups in total. The minimum absolute atomic E-state index is 0. The minimum Gasteiger partial charge on any atom is -0.802 e. The number of hydrogen-bond donors (Lipinski definition) is 0. The third-order valence-corrected chi connectivity index (χ3v) is 15.0. The molecular weight excluding hydrogens is 893 g/mol. The van der Waals surface area contributed by atoms with Crippen LogP contribution in [0.15, 0.2) is 0 Å². The maximum absolute atomic E-state index is 10.4. The van der Waals surface area contributed by atoms with Gasteiger partial charge in [0.15, 0.2) is 0 Å². The average molecular weight is 1010 g/mol. The van der Waals surface area contributed by atoms with Gasteiger partial charge < -0.3 is 28.4 Å². The molecule has 0 heterocycles. The van der Waals surface area contributed by atoms with Gasteiger partial charge in [-0.25, -0.2) is 0 Å². The first-order chi connectivity index (χ1) is 30.8. The maximum atomic E-state index is 10.4. The number of hydrogen-bond acceptors (Lipinski definition) is 6. The van der Waals surface area contributed by atoms with Crippen molar-refractivity contribution in [3.8, 4) is 0 Å². The molecule has 0 bridgehead atoms. The van der Waals surface area contributed by atoms with Crippen molar-refractivity contribution in [1.82, 2.24) is 0 Å². The Kier molecular flexibility index (Phi) is 76.5. The summed E-state index contributed by atoms with van der Waals surface area (Å²) in [5, 5.41) is 0. The summed E-state index contributed by atoms with van der Waals surface area (Å²) >= 11 is 0. The molecule has 6 nitrogen and oxygen atoms in total. The quantitative estimate of drug-likeness (QED) is 0.0340. The van der Waals surface area contributed by atoms with E-state index in [0.717, 1.165) is 38.5 Å². The third kappa shape index (κ3) is 80.1. The molecule has 1 radical (unpaired) electrons. The van der Waals surface area contributed by atoms with E-state index in [1.54, 1.807) is 0 Å². The number of rotatable bonds is 51. The van der Waals surface area contributed by atoms with E-state index in [0.29, 0.717) is 18.5 Å². The van der Waals surface area contributed by atoms with Crippen molar-refractivity contribution in [2.45, 2.75) is 329 Å². The van der Waals surface area contributed by atoms with Gasteiger partial charge in [0.05, 0.1) is 0 Å². The largest absolute Gasteiger partial charge is 3.00 e. The van der Waals surface area contributed by atoms with Gasteiger partial charge in [-0.1, -0.05) is 310 Å². The Morgan fingerprint density at radius 2 is 0.297 bits per heavy atom. The van der Waals surface area contributed by atoms with E-state index in [2.05, 4.69) is 20.8 Å². The molecule has 0 saturated heterocycles. The van der Waals surface area contributed by atoms with Gasteiger partial charge in [0.1, 0.15) is 0 Å². The van der Waals surface area contributed by atoms with Crippen LogP contribution in [0.1, 0.15) is 329 Å². The Bertz CT molecular complexity index is 775. The molecule has 10 heteroatoms. The van der Waals surface area contributed by atoms with Crippen molar-refractivity contribution in [3.05, 3.63) is 0 Å². The molecule has 64 heavy (non-hydrogen) atoms. The molecule has 3 atom stereocenters. The first-order valence-corrected chi connectivity index (χ1v) is 33.0. The van der Waals surface area contributed by atoms with Crippen LogP contribution in [0, 0.1) is 0 Å². The Labute approximate surface area is 414 Å². The zero-order chi connectivity index (χ0) is 46.8. The van der Waals surface area contributed by atoms with E-state index in [4.69, 9.17) is 0 Å². The molecule has 0 fully saturated rings. The van der Waals surface area contributed by atoms with E-state index < -0.39 is 24.1 Å². The molecule has 0 aliphatic heterocycles. The summed E-state index contributed by atoms with van der Waals surface area (Å²) in [6.07, 6.45) is 65.3. The van der Waals surface area contributed by atoms with Gasteiger partial charge in [-0.05, 0) is 37.7 Å². The van der Waals surface area contributed by atoms with Crippen molar-refractivity contribution in [2.24, 2.45) is 0 Å². The first kappa shape index (κ1) is 71.6. The van der Waals surface area contributed by atoms with Crippen LogP contribution >= 0.6 is 24.1 Å².